The molecule has 6 nitrogen and oxygen atoms in total. The van der Waals surface area contributed by atoms with Gasteiger partial charge in [0.2, 0.25) is 0 Å². The molecule has 2 aromatic heterocycles. The highest BCUT2D eigenvalue weighted by Gasteiger charge is 2.18. The van der Waals surface area contributed by atoms with Gasteiger partial charge in [-0.15, -0.1) is 0 Å². The SMILES string of the molecule is COc1ccnc(-c2nccc(OC)c2CCO)c1CCO. The molecule has 2 N–H and O–H groups in total. The molecule has 2 heterocycles. The number of hydrogen-bond donors (Lipinski definition) is 2. The number of pyridine rings is 2. The number of nitrogens with zero attached hydrogens (tertiary/aromatic N) is 2. The van der Waals surface area contributed by atoms with E-state index in [2.05, 4.69) is 9.97 Å². The maximum atomic E-state index is 9.32. The Labute approximate surface area is 129 Å². The van der Waals surface area contributed by atoms with Crippen LogP contribution in [0, 0.1) is 0 Å². The fraction of sp³-hybridized carbons (Fsp3) is 0.375. The van der Waals surface area contributed by atoms with Crippen LogP contribution in [0.15, 0.2) is 24.5 Å². The van der Waals surface area contributed by atoms with Crippen LogP contribution in [0.2, 0.25) is 0 Å². The summed E-state index contributed by atoms with van der Waals surface area (Å²) in [5.41, 5.74) is 2.84. The normalized spacial score (nSPS) is 10.5. The summed E-state index contributed by atoms with van der Waals surface area (Å²) in [6.07, 6.45) is 4.09. The second kappa shape index (κ2) is 7.72. The second-order valence-electron chi connectivity index (χ2n) is 4.63. The molecule has 0 radical (unpaired) electrons. The standard InChI is InChI=1S/C16H20N2O4/c1-21-13-3-7-17-15(11(13)5-9-19)16-12(6-10-20)14(22-2)4-8-18-16/h3-4,7-8,19-20H,5-6,9-10H2,1-2H3. The Hall–Kier alpha value is -2.18. The number of methoxy groups -OCH3 is 2. The largest absolute Gasteiger partial charge is 0.496 e. The highest BCUT2D eigenvalue weighted by molar-refractivity contribution is 5.68. The predicted octanol–water partition coefficient (Wildman–Crippen LogP) is 1.23. The van der Waals surface area contributed by atoms with Gasteiger partial charge in [-0.1, -0.05) is 0 Å². The lowest BCUT2D eigenvalue weighted by Crippen LogP contribution is -2.06. The number of rotatable bonds is 7. The number of aliphatic hydroxyl groups is 2. The summed E-state index contributed by atoms with van der Waals surface area (Å²) in [4.78, 5) is 8.81. The van der Waals surface area contributed by atoms with Gasteiger partial charge in [-0.25, -0.2) is 0 Å². The Morgan fingerprint density at radius 1 is 0.818 bits per heavy atom. The van der Waals surface area contributed by atoms with Crippen LogP contribution in [-0.4, -0.2) is 47.6 Å². The van der Waals surface area contributed by atoms with Gasteiger partial charge in [0.25, 0.3) is 0 Å². The van der Waals surface area contributed by atoms with E-state index in [0.717, 1.165) is 11.1 Å². The summed E-state index contributed by atoms with van der Waals surface area (Å²) in [6, 6.07) is 3.50. The van der Waals surface area contributed by atoms with Gasteiger partial charge in [0.15, 0.2) is 0 Å². The highest BCUT2D eigenvalue weighted by atomic mass is 16.5. The lowest BCUT2D eigenvalue weighted by atomic mass is 10.0. The van der Waals surface area contributed by atoms with Crippen molar-refractivity contribution in [3.63, 3.8) is 0 Å². The molecule has 0 aliphatic rings. The minimum Gasteiger partial charge on any atom is -0.496 e. The van der Waals surface area contributed by atoms with E-state index in [-0.39, 0.29) is 13.2 Å². The van der Waals surface area contributed by atoms with E-state index in [0.29, 0.717) is 35.7 Å². The molecule has 0 bridgehead atoms. The summed E-state index contributed by atoms with van der Waals surface area (Å²) in [5, 5.41) is 18.6. The molecule has 6 heteroatoms. The van der Waals surface area contributed by atoms with Gasteiger partial charge >= 0.3 is 0 Å². The smallest absolute Gasteiger partial charge is 0.125 e. The van der Waals surface area contributed by atoms with Gasteiger partial charge in [-0.05, 0) is 12.1 Å². The first-order chi connectivity index (χ1) is 10.8. The van der Waals surface area contributed by atoms with E-state index in [1.165, 1.54) is 0 Å². The quantitative estimate of drug-likeness (QED) is 0.800. The van der Waals surface area contributed by atoms with Crippen molar-refractivity contribution < 1.29 is 19.7 Å². The molecule has 2 rings (SSSR count). The van der Waals surface area contributed by atoms with Crippen molar-refractivity contribution >= 4 is 0 Å². The molecule has 0 fully saturated rings. The average molecular weight is 304 g/mol. The predicted molar refractivity (Wildman–Crippen MR) is 82.2 cm³/mol. The summed E-state index contributed by atoms with van der Waals surface area (Å²) in [6.45, 7) is -0.0390. The molecule has 0 saturated carbocycles. The lowest BCUT2D eigenvalue weighted by molar-refractivity contribution is 0.295. The van der Waals surface area contributed by atoms with Crippen LogP contribution in [0.5, 0.6) is 11.5 Å². The van der Waals surface area contributed by atoms with Crippen LogP contribution in [0.1, 0.15) is 11.1 Å². The maximum absolute atomic E-state index is 9.32. The van der Waals surface area contributed by atoms with E-state index in [1.807, 2.05) is 0 Å². The number of ether oxygens (including phenoxy) is 2. The van der Waals surface area contributed by atoms with Gasteiger partial charge in [0.1, 0.15) is 11.5 Å². The third-order valence-electron chi connectivity index (χ3n) is 3.41. The van der Waals surface area contributed by atoms with Crippen molar-refractivity contribution in [1.29, 1.82) is 0 Å². The van der Waals surface area contributed by atoms with Gasteiger partial charge < -0.3 is 19.7 Å². The van der Waals surface area contributed by atoms with Crippen LogP contribution < -0.4 is 9.47 Å². The van der Waals surface area contributed by atoms with Crippen molar-refractivity contribution in [2.24, 2.45) is 0 Å². The lowest BCUT2D eigenvalue weighted by Gasteiger charge is -2.16. The van der Waals surface area contributed by atoms with Crippen molar-refractivity contribution in [1.82, 2.24) is 9.97 Å². The van der Waals surface area contributed by atoms with Gasteiger partial charge in [-0.2, -0.15) is 0 Å². The van der Waals surface area contributed by atoms with E-state index in [1.54, 1.807) is 38.7 Å². The summed E-state index contributed by atoms with van der Waals surface area (Å²) in [7, 11) is 3.15. The average Bonchev–Trinajstić information content (AvgIpc) is 2.56. The monoisotopic (exact) mass is 304 g/mol. The molecular weight excluding hydrogens is 284 g/mol. The van der Waals surface area contributed by atoms with Gasteiger partial charge in [0.05, 0.1) is 25.6 Å². The van der Waals surface area contributed by atoms with Gasteiger partial charge in [0, 0.05) is 49.6 Å². The van der Waals surface area contributed by atoms with E-state index < -0.39 is 0 Å². The zero-order valence-corrected chi connectivity index (χ0v) is 12.7. The molecule has 0 saturated heterocycles. The minimum absolute atomic E-state index is 0.0195. The Bertz CT molecular complexity index is 576. The zero-order chi connectivity index (χ0) is 15.9. The van der Waals surface area contributed by atoms with Crippen molar-refractivity contribution in [3.05, 3.63) is 35.7 Å². The number of aromatic nitrogens is 2. The molecule has 0 atom stereocenters. The highest BCUT2D eigenvalue weighted by Crippen LogP contribution is 2.33. The minimum atomic E-state index is -0.0195. The topological polar surface area (TPSA) is 84.7 Å². The summed E-state index contributed by atoms with van der Waals surface area (Å²) < 4.78 is 10.7. The van der Waals surface area contributed by atoms with Crippen molar-refractivity contribution in [2.75, 3.05) is 27.4 Å². The van der Waals surface area contributed by atoms with Crippen LogP contribution in [-0.2, 0) is 12.8 Å². The summed E-state index contributed by atoms with van der Waals surface area (Å²) in [5.74, 6) is 1.30. The molecule has 22 heavy (non-hydrogen) atoms. The first-order valence-electron chi connectivity index (χ1n) is 7.02. The molecule has 0 aliphatic carbocycles. The van der Waals surface area contributed by atoms with Crippen LogP contribution in [0.3, 0.4) is 0 Å². The molecule has 0 aromatic carbocycles. The Kier molecular flexibility index (Phi) is 5.68. The Morgan fingerprint density at radius 3 is 1.55 bits per heavy atom. The molecule has 0 amide bonds. The third kappa shape index (κ3) is 3.18. The van der Waals surface area contributed by atoms with E-state index in [4.69, 9.17) is 9.47 Å². The molecule has 2 aromatic rings. The fourth-order valence-corrected chi connectivity index (χ4v) is 2.45. The number of aliphatic hydroxyl groups excluding tert-OH is 2. The van der Waals surface area contributed by atoms with Crippen molar-refractivity contribution in [2.45, 2.75) is 12.8 Å². The zero-order valence-electron chi connectivity index (χ0n) is 12.7. The molecule has 0 spiro atoms. The van der Waals surface area contributed by atoms with Gasteiger partial charge in [-0.3, -0.25) is 9.97 Å². The first-order valence-corrected chi connectivity index (χ1v) is 7.02. The summed E-state index contributed by atoms with van der Waals surface area (Å²) >= 11 is 0. The molecular formula is C16H20N2O4. The first kappa shape index (κ1) is 16.2. The second-order valence-corrected chi connectivity index (χ2v) is 4.63. The van der Waals surface area contributed by atoms with E-state index in [9.17, 15) is 10.2 Å². The van der Waals surface area contributed by atoms with Crippen LogP contribution >= 0.6 is 0 Å². The fourth-order valence-electron chi connectivity index (χ4n) is 2.45. The van der Waals surface area contributed by atoms with Crippen LogP contribution in [0.25, 0.3) is 11.4 Å². The van der Waals surface area contributed by atoms with E-state index >= 15 is 0 Å². The molecule has 0 aliphatic heterocycles. The number of hydrogen-bond acceptors (Lipinski definition) is 6. The maximum Gasteiger partial charge on any atom is 0.125 e. The Morgan fingerprint density at radius 2 is 1.23 bits per heavy atom. The van der Waals surface area contributed by atoms with Crippen LogP contribution in [0.4, 0.5) is 0 Å². The molecule has 118 valence electrons. The molecule has 0 unspecified atom stereocenters. The van der Waals surface area contributed by atoms with Crippen molar-refractivity contribution in [3.8, 4) is 22.9 Å². The Balaban J connectivity index is 2.65. The third-order valence-corrected chi connectivity index (χ3v) is 3.41.